The van der Waals surface area contributed by atoms with E-state index in [1.807, 2.05) is 31.2 Å². The molecule has 5 nitrogen and oxygen atoms in total. The average molecular weight is 318 g/mol. The first-order chi connectivity index (χ1) is 9.06. The summed E-state index contributed by atoms with van der Waals surface area (Å²) in [6.45, 7) is 2.04. The van der Waals surface area contributed by atoms with Crippen LogP contribution in [0.5, 0.6) is 0 Å². The number of hydrogen-bond acceptors (Lipinski definition) is 4. The highest BCUT2D eigenvalue weighted by Crippen LogP contribution is 2.31. The molecule has 1 aromatic carbocycles. The second kappa shape index (κ2) is 4.24. The molecule has 0 fully saturated rings. The summed E-state index contributed by atoms with van der Waals surface area (Å²) in [5.41, 5.74) is 15.2. The molecule has 0 aliphatic rings. The molecule has 0 aliphatic carbocycles. The van der Waals surface area contributed by atoms with Crippen LogP contribution in [0, 0.1) is 6.92 Å². The third-order valence-corrected chi connectivity index (χ3v) is 3.64. The smallest absolute Gasteiger partial charge is 0.174 e. The SMILES string of the molecule is Cc1ccc(-c2nn3c(N)cc(N)nc3c2Br)cc1. The number of aromatic nitrogens is 3. The summed E-state index contributed by atoms with van der Waals surface area (Å²) in [5.74, 6) is 0.836. The Morgan fingerprint density at radius 1 is 1.16 bits per heavy atom. The highest BCUT2D eigenvalue weighted by Gasteiger charge is 2.15. The zero-order chi connectivity index (χ0) is 13.6. The minimum absolute atomic E-state index is 0.376. The van der Waals surface area contributed by atoms with Crippen LogP contribution in [0.4, 0.5) is 11.6 Å². The summed E-state index contributed by atoms with van der Waals surface area (Å²) < 4.78 is 2.37. The maximum Gasteiger partial charge on any atom is 0.174 e. The molecule has 0 radical (unpaired) electrons. The summed E-state index contributed by atoms with van der Waals surface area (Å²) >= 11 is 3.52. The van der Waals surface area contributed by atoms with Gasteiger partial charge in [0.1, 0.15) is 17.3 Å². The molecule has 96 valence electrons. The third kappa shape index (κ3) is 1.94. The van der Waals surface area contributed by atoms with Gasteiger partial charge < -0.3 is 11.5 Å². The van der Waals surface area contributed by atoms with Gasteiger partial charge in [-0.1, -0.05) is 29.8 Å². The molecule has 2 heterocycles. The van der Waals surface area contributed by atoms with Crippen molar-refractivity contribution in [3.63, 3.8) is 0 Å². The molecule has 6 heteroatoms. The molecule has 0 amide bonds. The number of halogens is 1. The normalized spacial score (nSPS) is 11.1. The maximum atomic E-state index is 5.90. The third-order valence-electron chi connectivity index (χ3n) is 2.91. The minimum atomic E-state index is 0.376. The Balaban J connectivity index is 2.28. The van der Waals surface area contributed by atoms with E-state index < -0.39 is 0 Å². The summed E-state index contributed by atoms with van der Waals surface area (Å²) in [6.07, 6.45) is 0. The fraction of sp³-hybridized carbons (Fsp3) is 0.0769. The molecule has 4 N–H and O–H groups in total. The molecule has 3 aromatic rings. The second-order valence-corrected chi connectivity index (χ2v) is 5.16. The minimum Gasteiger partial charge on any atom is -0.384 e. The van der Waals surface area contributed by atoms with E-state index in [-0.39, 0.29) is 0 Å². The lowest BCUT2D eigenvalue weighted by Crippen LogP contribution is -2.02. The molecule has 0 saturated carbocycles. The Kier molecular flexibility index (Phi) is 2.67. The van der Waals surface area contributed by atoms with Crippen molar-refractivity contribution in [3.8, 4) is 11.3 Å². The monoisotopic (exact) mass is 317 g/mol. The van der Waals surface area contributed by atoms with Gasteiger partial charge in [0.2, 0.25) is 0 Å². The predicted octanol–water partition coefficient (Wildman–Crippen LogP) is 2.63. The lowest BCUT2D eigenvalue weighted by molar-refractivity contribution is 0.958. The van der Waals surface area contributed by atoms with Crippen LogP contribution < -0.4 is 11.5 Å². The number of benzene rings is 1. The Morgan fingerprint density at radius 2 is 1.84 bits per heavy atom. The van der Waals surface area contributed by atoms with Gasteiger partial charge in [0.15, 0.2) is 5.65 Å². The summed E-state index contributed by atoms with van der Waals surface area (Å²) in [6, 6.07) is 9.70. The predicted molar refractivity (Wildman–Crippen MR) is 79.7 cm³/mol. The zero-order valence-corrected chi connectivity index (χ0v) is 11.8. The number of nitrogens with two attached hydrogens (primary N) is 2. The van der Waals surface area contributed by atoms with Crippen LogP contribution in [0.15, 0.2) is 34.8 Å². The summed E-state index contributed by atoms with van der Waals surface area (Å²) in [7, 11) is 0. The number of aryl methyl sites for hydroxylation is 1. The van der Waals surface area contributed by atoms with Gasteiger partial charge in [-0.15, -0.1) is 0 Å². The molecule has 0 bridgehead atoms. The number of nitrogens with zero attached hydrogens (tertiary/aromatic N) is 3. The van der Waals surface area contributed by atoms with Crippen molar-refractivity contribution in [2.24, 2.45) is 0 Å². The highest BCUT2D eigenvalue weighted by molar-refractivity contribution is 9.10. The maximum absolute atomic E-state index is 5.90. The first-order valence-corrected chi connectivity index (χ1v) is 6.53. The van der Waals surface area contributed by atoms with E-state index >= 15 is 0 Å². The molecular weight excluding hydrogens is 306 g/mol. The molecule has 0 unspecified atom stereocenters. The summed E-state index contributed by atoms with van der Waals surface area (Å²) in [4.78, 5) is 4.25. The van der Waals surface area contributed by atoms with Gasteiger partial charge in [0.25, 0.3) is 0 Å². The number of hydrogen-bond donors (Lipinski definition) is 2. The Hall–Kier alpha value is -2.08. The lowest BCUT2D eigenvalue weighted by Gasteiger charge is -1.99. The molecule has 19 heavy (non-hydrogen) atoms. The van der Waals surface area contributed by atoms with Crippen LogP contribution in [0.1, 0.15) is 5.56 Å². The van der Waals surface area contributed by atoms with Crippen LogP contribution in [0.25, 0.3) is 16.9 Å². The molecule has 0 saturated heterocycles. The van der Waals surface area contributed by atoms with E-state index in [0.29, 0.717) is 17.3 Å². The highest BCUT2D eigenvalue weighted by atomic mass is 79.9. The van der Waals surface area contributed by atoms with E-state index in [0.717, 1.165) is 15.7 Å². The Morgan fingerprint density at radius 3 is 2.53 bits per heavy atom. The van der Waals surface area contributed by atoms with Crippen molar-refractivity contribution in [2.75, 3.05) is 11.5 Å². The Labute approximate surface area is 118 Å². The van der Waals surface area contributed by atoms with Crippen LogP contribution >= 0.6 is 15.9 Å². The molecule has 0 spiro atoms. The van der Waals surface area contributed by atoms with E-state index in [9.17, 15) is 0 Å². The van der Waals surface area contributed by atoms with Gasteiger partial charge in [0, 0.05) is 11.6 Å². The van der Waals surface area contributed by atoms with Gasteiger partial charge >= 0.3 is 0 Å². The molecule has 0 aliphatic heterocycles. The quantitative estimate of drug-likeness (QED) is 0.722. The van der Waals surface area contributed by atoms with Gasteiger partial charge in [-0.3, -0.25) is 0 Å². The van der Waals surface area contributed by atoms with Gasteiger partial charge in [-0.2, -0.15) is 9.61 Å². The number of anilines is 2. The average Bonchev–Trinajstić information content (AvgIpc) is 2.69. The molecule has 2 aromatic heterocycles. The van der Waals surface area contributed by atoms with Crippen molar-refractivity contribution in [1.29, 1.82) is 0 Å². The zero-order valence-electron chi connectivity index (χ0n) is 10.3. The first-order valence-electron chi connectivity index (χ1n) is 5.73. The van der Waals surface area contributed by atoms with Gasteiger partial charge in [-0.05, 0) is 22.9 Å². The fourth-order valence-corrected chi connectivity index (χ4v) is 2.49. The standard InChI is InChI=1S/C13H12BrN5/c1-7-2-4-8(5-3-7)12-11(14)13-17-9(15)6-10(16)19(13)18-12/h2-6H,16H2,1H3,(H2,15,17). The lowest BCUT2D eigenvalue weighted by atomic mass is 10.1. The Bertz CT molecular complexity index is 761. The van der Waals surface area contributed by atoms with Crippen molar-refractivity contribution < 1.29 is 0 Å². The van der Waals surface area contributed by atoms with Gasteiger partial charge in [0.05, 0.1) is 4.47 Å². The second-order valence-electron chi connectivity index (χ2n) is 4.37. The van der Waals surface area contributed by atoms with Crippen LogP contribution in [-0.4, -0.2) is 14.6 Å². The van der Waals surface area contributed by atoms with Crippen LogP contribution in [0.2, 0.25) is 0 Å². The van der Waals surface area contributed by atoms with E-state index in [1.54, 1.807) is 10.6 Å². The van der Waals surface area contributed by atoms with Crippen LogP contribution in [-0.2, 0) is 0 Å². The van der Waals surface area contributed by atoms with Crippen molar-refractivity contribution >= 4 is 33.2 Å². The molecular formula is C13H12BrN5. The fourth-order valence-electron chi connectivity index (χ4n) is 1.93. The topological polar surface area (TPSA) is 82.2 Å². The number of fused-ring (bicyclic) bond motifs is 1. The number of rotatable bonds is 1. The van der Waals surface area contributed by atoms with E-state index in [1.165, 1.54) is 5.56 Å². The van der Waals surface area contributed by atoms with Crippen LogP contribution in [0.3, 0.4) is 0 Å². The molecule has 3 rings (SSSR count). The largest absolute Gasteiger partial charge is 0.384 e. The molecule has 0 atom stereocenters. The van der Waals surface area contributed by atoms with Crippen molar-refractivity contribution in [2.45, 2.75) is 6.92 Å². The van der Waals surface area contributed by atoms with E-state index in [4.69, 9.17) is 11.5 Å². The van der Waals surface area contributed by atoms with Gasteiger partial charge in [-0.25, -0.2) is 4.98 Å². The van der Waals surface area contributed by atoms with Crippen molar-refractivity contribution in [1.82, 2.24) is 14.6 Å². The number of nitrogen functional groups attached to an aromatic ring is 2. The first kappa shape index (κ1) is 12.0. The van der Waals surface area contributed by atoms with E-state index in [2.05, 4.69) is 26.0 Å². The van der Waals surface area contributed by atoms with Crippen molar-refractivity contribution in [3.05, 3.63) is 40.4 Å². The summed E-state index contributed by atoms with van der Waals surface area (Å²) in [5, 5.41) is 4.48.